The number of nitrogens with zero attached hydrogens (tertiary/aromatic N) is 1. The van der Waals surface area contributed by atoms with Crippen molar-refractivity contribution in [2.24, 2.45) is 5.92 Å². The molecule has 0 bridgehead atoms. The Hall–Kier alpha value is -1.17. The van der Waals surface area contributed by atoms with E-state index >= 15 is 0 Å². The van der Waals surface area contributed by atoms with E-state index in [0.29, 0.717) is 0 Å². The van der Waals surface area contributed by atoms with Gasteiger partial charge in [0.25, 0.3) is 0 Å². The van der Waals surface area contributed by atoms with Crippen molar-refractivity contribution in [3.05, 3.63) is 60.7 Å². The van der Waals surface area contributed by atoms with Crippen LogP contribution in [0.5, 0.6) is 0 Å². The normalized spacial score (nSPS) is 22.8. The molecule has 0 radical (unpaired) electrons. The Kier molecular flexibility index (Phi) is 4.73. The topological polar surface area (TPSA) is 3.24 Å². The summed E-state index contributed by atoms with van der Waals surface area (Å²) in [6, 6.07) is 22.9. The molecule has 1 aliphatic heterocycles. The molecule has 1 heterocycles. The smallest absolute Gasteiger partial charge is 0.0141 e. The Morgan fingerprint density at radius 3 is 1.90 bits per heavy atom. The van der Waals surface area contributed by atoms with E-state index in [2.05, 4.69) is 79.5 Å². The van der Waals surface area contributed by atoms with Gasteiger partial charge in [0.15, 0.2) is 0 Å². The van der Waals surface area contributed by atoms with Crippen LogP contribution in [0.25, 0.3) is 0 Å². The van der Waals surface area contributed by atoms with Crippen LogP contribution in [0.4, 0.5) is 0 Å². The Labute approximate surface area is 129 Å². The molecule has 21 heavy (non-hydrogen) atoms. The second kappa shape index (κ2) is 6.73. The Bertz CT molecular complexity index is 515. The predicted octanol–water partition coefficient (Wildman–Crippen LogP) is 3.46. The molecule has 2 aromatic rings. The summed E-state index contributed by atoms with van der Waals surface area (Å²) in [5.74, 6) is 0.836. The van der Waals surface area contributed by atoms with Crippen molar-refractivity contribution in [3.63, 3.8) is 0 Å². The van der Waals surface area contributed by atoms with E-state index < -0.39 is 0 Å². The fourth-order valence-corrected chi connectivity index (χ4v) is 5.99. The minimum Gasteiger partial charge on any atom is -0.303 e. The quantitative estimate of drug-likeness (QED) is 0.781. The van der Waals surface area contributed by atoms with Crippen molar-refractivity contribution >= 4 is 18.5 Å². The lowest BCUT2D eigenvalue weighted by molar-refractivity contribution is 0.330. The van der Waals surface area contributed by atoms with Crippen LogP contribution < -0.4 is 10.6 Å². The van der Waals surface area contributed by atoms with Gasteiger partial charge >= 0.3 is 0 Å². The van der Waals surface area contributed by atoms with E-state index in [9.17, 15) is 0 Å². The van der Waals surface area contributed by atoms with Gasteiger partial charge in [-0.05, 0) is 44.1 Å². The molecule has 1 aliphatic rings. The number of hydrogen-bond donors (Lipinski definition) is 0. The molecular formula is C19H24NP. The number of benzene rings is 2. The summed E-state index contributed by atoms with van der Waals surface area (Å²) in [7, 11) is 2.04. The lowest BCUT2D eigenvalue weighted by Gasteiger charge is -2.26. The summed E-state index contributed by atoms with van der Waals surface area (Å²) >= 11 is 0. The van der Waals surface area contributed by atoms with Crippen molar-refractivity contribution in [2.45, 2.75) is 19.4 Å². The van der Waals surface area contributed by atoms with Crippen LogP contribution in [-0.4, -0.2) is 30.7 Å². The fraction of sp³-hybridized carbons (Fsp3) is 0.368. The Morgan fingerprint density at radius 2 is 1.48 bits per heavy atom. The van der Waals surface area contributed by atoms with Gasteiger partial charge in [-0.25, -0.2) is 0 Å². The molecule has 1 saturated heterocycles. The molecular weight excluding hydrogens is 273 g/mol. The fourth-order valence-electron chi connectivity index (χ4n) is 3.36. The van der Waals surface area contributed by atoms with Gasteiger partial charge in [0, 0.05) is 12.6 Å². The van der Waals surface area contributed by atoms with E-state index in [-0.39, 0.29) is 7.92 Å². The van der Waals surface area contributed by atoms with Crippen LogP contribution in [0.1, 0.15) is 13.3 Å². The molecule has 0 amide bonds. The maximum atomic E-state index is 2.56. The maximum absolute atomic E-state index is 2.56. The van der Waals surface area contributed by atoms with Gasteiger partial charge in [0.2, 0.25) is 0 Å². The largest absolute Gasteiger partial charge is 0.303 e. The summed E-state index contributed by atoms with van der Waals surface area (Å²) in [4.78, 5) is 2.56. The lowest BCUT2D eigenvalue weighted by atomic mass is 10.1. The minimum absolute atomic E-state index is 0.249. The highest BCUT2D eigenvalue weighted by Crippen LogP contribution is 2.38. The molecule has 0 aromatic heterocycles. The van der Waals surface area contributed by atoms with Crippen molar-refractivity contribution in [2.75, 3.05) is 19.8 Å². The van der Waals surface area contributed by atoms with Gasteiger partial charge < -0.3 is 4.90 Å². The second-order valence-electron chi connectivity index (χ2n) is 6.22. The molecule has 0 saturated carbocycles. The SMILES string of the molecule is CC1CC(CP(c2ccccc2)c2ccccc2)N(C)C1. The zero-order chi connectivity index (χ0) is 14.7. The number of hydrogen-bond acceptors (Lipinski definition) is 1. The van der Waals surface area contributed by atoms with Crippen LogP contribution in [0.3, 0.4) is 0 Å². The Balaban J connectivity index is 1.87. The summed E-state index contributed by atoms with van der Waals surface area (Å²) in [5, 5.41) is 3.01. The van der Waals surface area contributed by atoms with Crippen molar-refractivity contribution in [3.8, 4) is 0 Å². The molecule has 0 spiro atoms. The van der Waals surface area contributed by atoms with Crippen LogP contribution in [0.15, 0.2) is 60.7 Å². The molecule has 0 N–H and O–H groups in total. The van der Waals surface area contributed by atoms with E-state index in [0.717, 1.165) is 12.0 Å². The highest BCUT2D eigenvalue weighted by atomic mass is 31.1. The van der Waals surface area contributed by atoms with E-state index in [1.165, 1.54) is 29.7 Å². The van der Waals surface area contributed by atoms with Gasteiger partial charge in [0.1, 0.15) is 0 Å². The molecule has 2 atom stereocenters. The lowest BCUT2D eigenvalue weighted by Crippen LogP contribution is -2.30. The standard InChI is InChI=1S/C19H24NP/c1-16-13-17(20(2)14-16)15-21(18-9-5-3-6-10-18)19-11-7-4-8-12-19/h3-12,16-17H,13-15H2,1-2H3. The van der Waals surface area contributed by atoms with Gasteiger partial charge in [-0.2, -0.15) is 0 Å². The third kappa shape index (κ3) is 3.54. The predicted molar refractivity (Wildman–Crippen MR) is 94.1 cm³/mol. The number of likely N-dealkylation sites (tertiary alicyclic amines) is 1. The monoisotopic (exact) mass is 297 g/mol. The maximum Gasteiger partial charge on any atom is 0.0141 e. The molecule has 1 fully saturated rings. The summed E-state index contributed by atoms with van der Waals surface area (Å²) in [6.45, 7) is 3.63. The van der Waals surface area contributed by atoms with Crippen LogP contribution in [0.2, 0.25) is 0 Å². The van der Waals surface area contributed by atoms with Crippen LogP contribution in [0, 0.1) is 5.92 Å². The molecule has 2 unspecified atom stereocenters. The molecule has 2 aromatic carbocycles. The third-order valence-corrected chi connectivity index (χ3v) is 7.06. The van der Waals surface area contributed by atoms with E-state index in [1.54, 1.807) is 0 Å². The van der Waals surface area contributed by atoms with E-state index in [1.807, 2.05) is 0 Å². The van der Waals surface area contributed by atoms with Gasteiger partial charge in [-0.1, -0.05) is 67.6 Å². The molecule has 0 aliphatic carbocycles. The van der Waals surface area contributed by atoms with Gasteiger partial charge in [0.05, 0.1) is 0 Å². The van der Waals surface area contributed by atoms with Gasteiger partial charge in [-0.15, -0.1) is 0 Å². The average Bonchev–Trinajstić information content (AvgIpc) is 2.84. The molecule has 3 rings (SSSR count). The summed E-state index contributed by atoms with van der Waals surface area (Å²) in [6.07, 6.45) is 2.62. The molecule has 1 nitrogen and oxygen atoms in total. The first-order chi connectivity index (χ1) is 10.2. The summed E-state index contributed by atoms with van der Waals surface area (Å²) in [5.41, 5.74) is 0. The third-order valence-electron chi connectivity index (χ3n) is 4.43. The van der Waals surface area contributed by atoms with Crippen molar-refractivity contribution < 1.29 is 0 Å². The van der Waals surface area contributed by atoms with Crippen molar-refractivity contribution in [1.29, 1.82) is 0 Å². The first-order valence-corrected chi connectivity index (χ1v) is 9.34. The average molecular weight is 297 g/mol. The highest BCUT2D eigenvalue weighted by molar-refractivity contribution is 7.73. The van der Waals surface area contributed by atoms with E-state index in [4.69, 9.17) is 0 Å². The van der Waals surface area contributed by atoms with Crippen LogP contribution >= 0.6 is 7.92 Å². The highest BCUT2D eigenvalue weighted by Gasteiger charge is 2.29. The minimum atomic E-state index is -0.249. The molecule has 2 heteroatoms. The zero-order valence-electron chi connectivity index (χ0n) is 12.9. The number of rotatable bonds is 4. The first kappa shape index (κ1) is 14.8. The second-order valence-corrected chi connectivity index (χ2v) is 8.47. The van der Waals surface area contributed by atoms with Gasteiger partial charge in [-0.3, -0.25) is 0 Å². The van der Waals surface area contributed by atoms with Crippen LogP contribution in [-0.2, 0) is 0 Å². The zero-order valence-corrected chi connectivity index (χ0v) is 13.8. The van der Waals surface area contributed by atoms with Crippen molar-refractivity contribution in [1.82, 2.24) is 4.90 Å². The molecule has 110 valence electrons. The summed E-state index contributed by atoms with van der Waals surface area (Å²) < 4.78 is 0. The Morgan fingerprint density at radius 1 is 0.952 bits per heavy atom. The first-order valence-electron chi connectivity index (χ1n) is 7.82.